The van der Waals surface area contributed by atoms with E-state index < -0.39 is 0 Å². The molecule has 10 nitrogen and oxygen atoms in total. The molecule has 2 unspecified atom stereocenters. The second-order valence-corrected chi connectivity index (χ2v) is 11.6. The molecule has 226 valence electrons. The van der Waals surface area contributed by atoms with Gasteiger partial charge >= 0.3 is 0 Å². The molecule has 6 aromatic rings. The number of para-hydroxylation sites is 4. The maximum atomic E-state index is 13.6. The standard InChI is InChI=1S/C36H30N8O2/c45-35(25-9-5-17-37-23-25)43-19-7-15-31(43)33-39-27-11-1-3-13-29(27)41(33)21-22-42-30-14-4-2-12-28(30)40-34(42)32-16-8-20-44(32)36(46)26-10-6-18-38-24-26/h1-6,9-14,17-18,23-24,31-32H,7-8,15-16,19-20H2. The second kappa shape index (κ2) is 11.6. The summed E-state index contributed by atoms with van der Waals surface area (Å²) < 4.78 is 3.83. The maximum Gasteiger partial charge on any atom is 0.256 e. The maximum absolute atomic E-state index is 13.6. The van der Waals surface area contributed by atoms with E-state index in [9.17, 15) is 9.59 Å². The summed E-state index contributed by atoms with van der Waals surface area (Å²) in [6.45, 7) is 1.27. The second-order valence-electron chi connectivity index (χ2n) is 11.6. The molecule has 8 rings (SSSR count). The Morgan fingerprint density at radius 1 is 0.609 bits per heavy atom. The number of likely N-dealkylation sites (tertiary alicyclic amines) is 2. The van der Waals surface area contributed by atoms with Crippen molar-refractivity contribution in [2.24, 2.45) is 0 Å². The number of pyridine rings is 2. The molecule has 2 aliphatic heterocycles. The van der Waals surface area contributed by atoms with E-state index in [0.29, 0.717) is 24.2 Å². The van der Waals surface area contributed by atoms with E-state index in [2.05, 4.69) is 22.1 Å². The van der Waals surface area contributed by atoms with Gasteiger partial charge in [0, 0.05) is 50.0 Å². The van der Waals surface area contributed by atoms with E-state index >= 15 is 0 Å². The predicted octanol–water partition coefficient (Wildman–Crippen LogP) is 5.45. The number of fused-ring (bicyclic) bond motifs is 2. The number of nitrogens with zero attached hydrogens (tertiary/aromatic N) is 8. The van der Waals surface area contributed by atoms with E-state index in [1.54, 1.807) is 49.1 Å². The van der Waals surface area contributed by atoms with Crippen LogP contribution in [0.1, 0.15) is 70.1 Å². The summed E-state index contributed by atoms with van der Waals surface area (Å²) >= 11 is 0. The van der Waals surface area contributed by atoms with Crippen LogP contribution < -0.4 is 0 Å². The first-order valence-corrected chi connectivity index (χ1v) is 15.6. The first-order chi connectivity index (χ1) is 22.7. The van der Waals surface area contributed by atoms with Crippen LogP contribution in [-0.2, 0) is 0 Å². The third kappa shape index (κ3) is 4.77. The predicted molar refractivity (Wildman–Crippen MR) is 173 cm³/mol. The monoisotopic (exact) mass is 606 g/mol. The number of hydrogen-bond acceptors (Lipinski definition) is 6. The first kappa shape index (κ1) is 27.7. The van der Waals surface area contributed by atoms with Crippen molar-refractivity contribution in [2.75, 3.05) is 13.1 Å². The molecule has 2 aromatic carbocycles. The number of amides is 2. The summed E-state index contributed by atoms with van der Waals surface area (Å²) in [5.74, 6) is 1.32. The molecule has 0 aliphatic carbocycles. The van der Waals surface area contributed by atoms with E-state index in [1.165, 1.54) is 0 Å². The van der Waals surface area contributed by atoms with Gasteiger partial charge in [-0.3, -0.25) is 28.7 Å². The van der Waals surface area contributed by atoms with Gasteiger partial charge in [0.2, 0.25) is 0 Å². The zero-order valence-corrected chi connectivity index (χ0v) is 25.0. The molecule has 0 N–H and O–H groups in total. The average Bonchev–Trinajstić information content (AvgIpc) is 3.92. The van der Waals surface area contributed by atoms with Gasteiger partial charge in [0.1, 0.15) is 11.6 Å². The molecule has 2 aliphatic rings. The van der Waals surface area contributed by atoms with Crippen molar-refractivity contribution in [2.45, 2.75) is 37.8 Å². The quantitative estimate of drug-likeness (QED) is 0.248. The molecular formula is C36H30N8O2. The third-order valence-corrected chi connectivity index (χ3v) is 8.89. The fraction of sp³-hybridized carbons (Fsp3) is 0.222. The highest BCUT2D eigenvalue weighted by Crippen LogP contribution is 2.36. The lowest BCUT2D eigenvalue weighted by Crippen LogP contribution is -2.32. The van der Waals surface area contributed by atoms with E-state index in [0.717, 1.165) is 59.4 Å². The zero-order chi connectivity index (χ0) is 31.0. The molecule has 6 heterocycles. The number of carbonyl (C=O) groups is 2. The van der Waals surface area contributed by atoms with Gasteiger partial charge in [0.05, 0.1) is 45.3 Å². The van der Waals surface area contributed by atoms with Crippen molar-refractivity contribution < 1.29 is 9.59 Å². The van der Waals surface area contributed by atoms with Crippen LogP contribution in [0.25, 0.3) is 22.1 Å². The zero-order valence-electron chi connectivity index (χ0n) is 25.0. The molecule has 0 spiro atoms. The van der Waals surface area contributed by atoms with Gasteiger partial charge in [0.25, 0.3) is 11.8 Å². The van der Waals surface area contributed by atoms with Crippen molar-refractivity contribution >= 4 is 33.9 Å². The molecule has 10 heteroatoms. The smallest absolute Gasteiger partial charge is 0.256 e. The Hall–Kier alpha value is -5.82. The van der Waals surface area contributed by atoms with Crippen LogP contribution in [0.15, 0.2) is 97.6 Å². The van der Waals surface area contributed by atoms with Crippen LogP contribution in [0.4, 0.5) is 0 Å². The molecule has 2 fully saturated rings. The molecule has 2 atom stereocenters. The van der Waals surface area contributed by atoms with Crippen molar-refractivity contribution in [1.29, 1.82) is 0 Å². The fourth-order valence-electron chi connectivity index (χ4n) is 6.74. The Balaban J connectivity index is 1.23. The number of rotatable bonds is 4. The number of carbonyl (C=O) groups excluding carboxylic acids is 2. The Morgan fingerprint density at radius 2 is 1.07 bits per heavy atom. The minimum Gasteiger partial charge on any atom is -0.328 e. The highest BCUT2D eigenvalue weighted by atomic mass is 16.2. The summed E-state index contributed by atoms with van der Waals surface area (Å²) in [5.41, 5.74) is 4.47. The SMILES string of the molecule is O=C(c1cccnc1)N1CCCC1c1nc2ccccc2n1C#Cn1c(C2CCCN2C(=O)c2cccnc2)nc2ccccc21. The first-order valence-electron chi connectivity index (χ1n) is 15.6. The van der Waals surface area contributed by atoms with Gasteiger partial charge in [-0.1, -0.05) is 24.3 Å². The molecule has 4 aromatic heterocycles. The molecule has 2 saturated heterocycles. The Morgan fingerprint density at radius 3 is 1.50 bits per heavy atom. The van der Waals surface area contributed by atoms with E-state index in [-0.39, 0.29) is 23.9 Å². The molecule has 0 radical (unpaired) electrons. The van der Waals surface area contributed by atoms with Crippen LogP contribution >= 0.6 is 0 Å². The van der Waals surface area contributed by atoms with Crippen molar-refractivity contribution in [3.63, 3.8) is 0 Å². The average molecular weight is 607 g/mol. The topological polar surface area (TPSA) is 102 Å². The molecular weight excluding hydrogens is 576 g/mol. The van der Waals surface area contributed by atoms with Gasteiger partial charge in [-0.25, -0.2) is 9.97 Å². The van der Waals surface area contributed by atoms with Gasteiger partial charge in [-0.2, -0.15) is 0 Å². The summed E-state index contributed by atoms with van der Waals surface area (Å²) in [6, 6.07) is 29.3. The summed E-state index contributed by atoms with van der Waals surface area (Å²) in [7, 11) is 0. The van der Waals surface area contributed by atoms with Crippen LogP contribution in [0.5, 0.6) is 0 Å². The Bertz CT molecular complexity index is 1990. The molecule has 0 saturated carbocycles. The number of imidazole rings is 2. The van der Waals surface area contributed by atoms with Crippen LogP contribution in [0.3, 0.4) is 0 Å². The minimum absolute atomic E-state index is 0.0651. The molecule has 46 heavy (non-hydrogen) atoms. The van der Waals surface area contributed by atoms with E-state index in [1.807, 2.05) is 67.5 Å². The van der Waals surface area contributed by atoms with Gasteiger partial charge in [0.15, 0.2) is 0 Å². The number of hydrogen-bond donors (Lipinski definition) is 0. The fourth-order valence-corrected chi connectivity index (χ4v) is 6.74. The normalized spacial score (nSPS) is 17.8. The van der Waals surface area contributed by atoms with Crippen LogP contribution in [0.2, 0.25) is 0 Å². The summed E-state index contributed by atoms with van der Waals surface area (Å²) in [4.78, 5) is 49.3. The number of aromatic nitrogens is 6. The molecule has 2 amide bonds. The largest absolute Gasteiger partial charge is 0.328 e. The van der Waals surface area contributed by atoms with Gasteiger partial charge in [-0.05, 0) is 74.2 Å². The van der Waals surface area contributed by atoms with Gasteiger partial charge < -0.3 is 9.80 Å². The highest BCUT2D eigenvalue weighted by Gasteiger charge is 2.36. The Labute approximate surface area is 265 Å². The Kier molecular flexibility index (Phi) is 6.99. The van der Waals surface area contributed by atoms with Crippen molar-refractivity contribution in [3.8, 4) is 12.1 Å². The summed E-state index contributed by atoms with van der Waals surface area (Å²) in [6.07, 6.45) is 9.85. The molecule has 0 bridgehead atoms. The van der Waals surface area contributed by atoms with Crippen molar-refractivity contribution in [1.82, 2.24) is 38.9 Å². The number of benzene rings is 2. The lowest BCUT2D eigenvalue weighted by molar-refractivity contribution is 0.0721. The van der Waals surface area contributed by atoms with Crippen molar-refractivity contribution in [3.05, 3.63) is 120 Å². The lowest BCUT2D eigenvalue weighted by atomic mass is 10.2. The lowest BCUT2D eigenvalue weighted by Gasteiger charge is -2.24. The summed E-state index contributed by atoms with van der Waals surface area (Å²) in [5, 5.41) is 0. The van der Waals surface area contributed by atoms with Crippen LogP contribution in [-0.4, -0.2) is 63.8 Å². The van der Waals surface area contributed by atoms with E-state index in [4.69, 9.17) is 9.97 Å². The highest BCUT2D eigenvalue weighted by molar-refractivity contribution is 5.95. The van der Waals surface area contributed by atoms with Gasteiger partial charge in [-0.15, -0.1) is 0 Å². The third-order valence-electron chi connectivity index (χ3n) is 8.89. The van der Waals surface area contributed by atoms with Crippen LogP contribution in [0, 0.1) is 12.1 Å². The minimum atomic E-state index is -0.240.